The zero-order valence-electron chi connectivity index (χ0n) is 17.2. The van der Waals surface area contributed by atoms with Crippen molar-refractivity contribution < 1.29 is 9.21 Å². The molecular weight excluding hydrogens is 430 g/mol. The summed E-state index contributed by atoms with van der Waals surface area (Å²) in [6, 6.07) is 19.3. The molecule has 1 aliphatic heterocycles. The number of carbonyl (C=O) groups excluding carboxylic acids is 1. The summed E-state index contributed by atoms with van der Waals surface area (Å²) in [6.45, 7) is 3.35. The first-order chi connectivity index (χ1) is 15.0. The maximum atomic E-state index is 12.5. The fourth-order valence-corrected chi connectivity index (χ4v) is 4.11. The third kappa shape index (κ3) is 5.27. The molecule has 2 heterocycles. The van der Waals surface area contributed by atoms with Gasteiger partial charge in [-0.1, -0.05) is 11.6 Å². The lowest BCUT2D eigenvalue weighted by Gasteiger charge is -2.35. The van der Waals surface area contributed by atoms with Crippen LogP contribution in [-0.2, 0) is 0 Å². The van der Waals surface area contributed by atoms with E-state index in [-0.39, 0.29) is 10.9 Å². The molecule has 0 saturated carbocycles. The Bertz CT molecular complexity index is 1060. The Morgan fingerprint density at radius 3 is 2.52 bits per heavy atom. The Morgan fingerprint density at radius 1 is 1.06 bits per heavy atom. The second-order valence-electron chi connectivity index (χ2n) is 7.66. The van der Waals surface area contributed by atoms with Crippen LogP contribution < -0.4 is 15.5 Å². The molecule has 1 atom stereocenters. The summed E-state index contributed by atoms with van der Waals surface area (Å²) in [5.74, 6) is 0.364. The summed E-state index contributed by atoms with van der Waals surface area (Å²) in [5, 5.41) is 6.57. The van der Waals surface area contributed by atoms with Crippen LogP contribution in [-0.4, -0.2) is 23.6 Å². The zero-order chi connectivity index (χ0) is 21.8. The van der Waals surface area contributed by atoms with E-state index in [0.29, 0.717) is 16.8 Å². The average Bonchev–Trinajstić information content (AvgIpc) is 3.26. The van der Waals surface area contributed by atoms with E-state index in [4.69, 9.17) is 28.2 Å². The highest BCUT2D eigenvalue weighted by atomic mass is 35.5. The van der Waals surface area contributed by atoms with Crippen molar-refractivity contribution in [3.8, 4) is 11.3 Å². The molecule has 0 unspecified atom stereocenters. The van der Waals surface area contributed by atoms with Gasteiger partial charge in [0.1, 0.15) is 5.76 Å². The molecule has 0 bridgehead atoms. The van der Waals surface area contributed by atoms with Gasteiger partial charge < -0.3 is 14.6 Å². The maximum absolute atomic E-state index is 12.5. The predicted octanol–water partition coefficient (Wildman–Crippen LogP) is 6.11. The largest absolute Gasteiger partial charge is 0.451 e. The molecule has 0 spiro atoms. The fourth-order valence-electron chi connectivity index (χ4n) is 3.77. The van der Waals surface area contributed by atoms with E-state index < -0.39 is 5.91 Å². The van der Waals surface area contributed by atoms with E-state index >= 15 is 0 Å². The van der Waals surface area contributed by atoms with Crippen molar-refractivity contribution >= 4 is 46.2 Å². The van der Waals surface area contributed by atoms with Crippen LogP contribution in [0.15, 0.2) is 65.1 Å². The lowest BCUT2D eigenvalue weighted by Crippen LogP contribution is -2.37. The first-order valence-corrected chi connectivity index (χ1v) is 11.1. The van der Waals surface area contributed by atoms with Crippen LogP contribution in [0.4, 0.5) is 11.4 Å². The monoisotopic (exact) mass is 453 g/mol. The van der Waals surface area contributed by atoms with Crippen molar-refractivity contribution in [2.24, 2.45) is 0 Å². The Hall–Kier alpha value is -2.83. The smallest absolute Gasteiger partial charge is 0.293 e. The fraction of sp³-hybridized carbons (Fsp3) is 0.250. The lowest BCUT2D eigenvalue weighted by molar-refractivity contribution is 0.0951. The van der Waals surface area contributed by atoms with Gasteiger partial charge in [0.15, 0.2) is 10.9 Å². The maximum Gasteiger partial charge on any atom is 0.293 e. The van der Waals surface area contributed by atoms with Crippen LogP contribution in [0, 0.1) is 0 Å². The molecule has 1 saturated heterocycles. The molecule has 160 valence electrons. The van der Waals surface area contributed by atoms with Gasteiger partial charge in [0.25, 0.3) is 5.91 Å². The highest BCUT2D eigenvalue weighted by molar-refractivity contribution is 7.80. The third-order valence-corrected chi connectivity index (χ3v) is 5.90. The second-order valence-corrected chi connectivity index (χ2v) is 8.51. The number of carbonyl (C=O) groups is 1. The SMILES string of the molecule is C[C@H]1CCCCN1c1ccc(NC(=S)NC(=O)c2ccc(-c3ccc(Cl)cc3)o2)cc1. The van der Waals surface area contributed by atoms with Crippen molar-refractivity contribution in [2.45, 2.75) is 32.2 Å². The molecule has 2 N–H and O–H groups in total. The van der Waals surface area contributed by atoms with Crippen molar-refractivity contribution in [1.29, 1.82) is 0 Å². The summed E-state index contributed by atoms with van der Waals surface area (Å²) in [4.78, 5) is 14.9. The van der Waals surface area contributed by atoms with Crippen LogP contribution in [0.1, 0.15) is 36.7 Å². The average molecular weight is 454 g/mol. The number of anilines is 2. The molecule has 2 aromatic carbocycles. The van der Waals surface area contributed by atoms with E-state index in [1.54, 1.807) is 24.3 Å². The van der Waals surface area contributed by atoms with Gasteiger partial charge >= 0.3 is 0 Å². The molecule has 31 heavy (non-hydrogen) atoms. The van der Waals surface area contributed by atoms with Crippen LogP contribution in [0.2, 0.25) is 5.02 Å². The van der Waals surface area contributed by atoms with Crippen molar-refractivity contribution in [3.63, 3.8) is 0 Å². The Kier molecular flexibility index (Phi) is 6.59. The summed E-state index contributed by atoms with van der Waals surface area (Å²) in [6.07, 6.45) is 3.75. The molecule has 0 radical (unpaired) electrons. The number of piperidine rings is 1. The standard InChI is InChI=1S/C24H24ClN3O2S/c1-16-4-2-3-15-28(16)20-11-9-19(10-12-20)26-24(31)27-23(29)22-14-13-21(30-22)17-5-7-18(25)8-6-17/h5-14,16H,2-4,15H2,1H3,(H2,26,27,29,31)/t16-/m0/s1. The first kappa shape index (κ1) is 21.4. The van der Waals surface area contributed by atoms with Gasteiger partial charge in [-0.2, -0.15) is 0 Å². The minimum atomic E-state index is -0.406. The topological polar surface area (TPSA) is 57.5 Å². The van der Waals surface area contributed by atoms with E-state index in [9.17, 15) is 4.79 Å². The van der Waals surface area contributed by atoms with Gasteiger partial charge in [-0.3, -0.25) is 10.1 Å². The first-order valence-electron chi connectivity index (χ1n) is 10.3. The number of amides is 1. The molecule has 4 rings (SSSR count). The van der Waals surface area contributed by atoms with Crippen molar-refractivity contribution in [1.82, 2.24) is 5.32 Å². The minimum Gasteiger partial charge on any atom is -0.451 e. The summed E-state index contributed by atoms with van der Waals surface area (Å²) in [7, 11) is 0. The number of halogens is 1. The molecule has 5 nitrogen and oxygen atoms in total. The Balaban J connectivity index is 1.34. The third-order valence-electron chi connectivity index (χ3n) is 5.45. The van der Waals surface area contributed by atoms with Crippen LogP contribution in [0.5, 0.6) is 0 Å². The Morgan fingerprint density at radius 2 is 1.81 bits per heavy atom. The second kappa shape index (κ2) is 9.54. The number of hydrogen-bond acceptors (Lipinski definition) is 4. The van der Waals surface area contributed by atoms with Crippen LogP contribution in [0.25, 0.3) is 11.3 Å². The zero-order valence-corrected chi connectivity index (χ0v) is 18.8. The summed E-state index contributed by atoms with van der Waals surface area (Å²) < 4.78 is 5.67. The Labute approximate surface area is 192 Å². The molecule has 3 aromatic rings. The molecule has 1 amide bonds. The number of furan rings is 1. The number of nitrogens with one attached hydrogen (secondary N) is 2. The molecule has 1 aromatic heterocycles. The number of nitrogens with zero attached hydrogens (tertiary/aromatic N) is 1. The van der Waals surface area contributed by atoms with Gasteiger partial charge in [0, 0.05) is 34.5 Å². The summed E-state index contributed by atoms with van der Waals surface area (Å²) >= 11 is 11.2. The highest BCUT2D eigenvalue weighted by Gasteiger charge is 2.18. The van der Waals surface area contributed by atoms with Crippen LogP contribution in [0.3, 0.4) is 0 Å². The highest BCUT2D eigenvalue weighted by Crippen LogP contribution is 2.26. The van der Waals surface area contributed by atoms with Gasteiger partial charge in [0.05, 0.1) is 0 Å². The normalized spacial score (nSPS) is 16.1. The lowest BCUT2D eigenvalue weighted by atomic mass is 10.0. The van der Waals surface area contributed by atoms with Gasteiger partial charge in [0.2, 0.25) is 0 Å². The van der Waals surface area contributed by atoms with Gasteiger partial charge in [-0.05, 0) is 99.1 Å². The molecule has 0 aliphatic carbocycles. The molecular formula is C24H24ClN3O2S. The van der Waals surface area contributed by atoms with E-state index in [1.165, 1.54) is 24.9 Å². The van der Waals surface area contributed by atoms with Gasteiger partial charge in [-0.15, -0.1) is 0 Å². The van der Waals surface area contributed by atoms with Gasteiger partial charge in [-0.25, -0.2) is 0 Å². The quantitative estimate of drug-likeness (QED) is 0.467. The number of benzene rings is 2. The number of thiocarbonyl (C=S) groups is 1. The van der Waals surface area contributed by atoms with Crippen molar-refractivity contribution in [3.05, 3.63) is 71.4 Å². The molecule has 1 aliphatic rings. The van der Waals surface area contributed by atoms with Crippen LogP contribution >= 0.6 is 23.8 Å². The van der Waals surface area contributed by atoms with E-state index in [2.05, 4.69) is 34.6 Å². The number of hydrogen-bond donors (Lipinski definition) is 2. The predicted molar refractivity (Wildman–Crippen MR) is 130 cm³/mol. The summed E-state index contributed by atoms with van der Waals surface area (Å²) in [5.41, 5.74) is 2.87. The minimum absolute atomic E-state index is 0.184. The van der Waals surface area contributed by atoms with E-state index in [0.717, 1.165) is 17.8 Å². The number of rotatable bonds is 4. The van der Waals surface area contributed by atoms with E-state index in [1.807, 2.05) is 24.3 Å². The molecule has 7 heteroatoms. The van der Waals surface area contributed by atoms with Crippen molar-refractivity contribution in [2.75, 3.05) is 16.8 Å². The molecule has 1 fully saturated rings.